The highest BCUT2D eigenvalue weighted by atomic mass is 32.1. The average molecular weight is 347 g/mol. The second-order valence-electron chi connectivity index (χ2n) is 5.52. The molecule has 0 saturated carbocycles. The highest BCUT2D eigenvalue weighted by Gasteiger charge is 2.22. The van der Waals surface area contributed by atoms with Crippen LogP contribution in [0.5, 0.6) is 0 Å². The fourth-order valence-corrected chi connectivity index (χ4v) is 3.94. The van der Waals surface area contributed by atoms with Crippen molar-refractivity contribution in [3.8, 4) is 11.3 Å². The molecule has 8 heteroatoms. The number of aromatic nitrogens is 4. The number of rotatable bonds is 5. The summed E-state index contributed by atoms with van der Waals surface area (Å²) in [5.41, 5.74) is 3.15. The third-order valence-electron chi connectivity index (χ3n) is 3.85. The van der Waals surface area contributed by atoms with Gasteiger partial charge in [0.15, 0.2) is 0 Å². The molecular weight excluding hydrogens is 330 g/mol. The molecule has 0 radical (unpaired) electrons. The summed E-state index contributed by atoms with van der Waals surface area (Å²) in [6.45, 7) is 3.82. The third kappa shape index (κ3) is 3.35. The number of hydrogen-bond donors (Lipinski definition) is 1. The fourth-order valence-electron chi connectivity index (χ4n) is 2.71. The van der Waals surface area contributed by atoms with E-state index in [2.05, 4.69) is 37.4 Å². The number of thiazole rings is 1. The Morgan fingerprint density at radius 1 is 1.39 bits per heavy atom. The summed E-state index contributed by atoms with van der Waals surface area (Å²) in [5.74, 6) is 0.383. The standard InChI is InChI=1S/C15H17N5OS2/c1-3-22-10-12(1)15-13-9-21-8-11(7-20(13)19-18-15)5-16-6-14-17-2-4-23-14/h1-4,10-11,16H,5-9H2/t11-/m1/s1. The number of fused-ring (bicyclic) bond motifs is 1. The van der Waals surface area contributed by atoms with Crippen molar-refractivity contribution in [3.05, 3.63) is 39.1 Å². The van der Waals surface area contributed by atoms with Gasteiger partial charge in [0.1, 0.15) is 10.7 Å². The van der Waals surface area contributed by atoms with Gasteiger partial charge in [0.25, 0.3) is 0 Å². The Kier molecular flexibility index (Phi) is 4.47. The lowest BCUT2D eigenvalue weighted by molar-refractivity contribution is 0.0941. The monoisotopic (exact) mass is 347 g/mol. The first-order valence-electron chi connectivity index (χ1n) is 7.52. The van der Waals surface area contributed by atoms with Crippen molar-refractivity contribution in [1.29, 1.82) is 0 Å². The zero-order chi connectivity index (χ0) is 15.5. The molecule has 6 nitrogen and oxygen atoms in total. The first-order chi connectivity index (χ1) is 11.4. The van der Waals surface area contributed by atoms with Gasteiger partial charge in [-0.1, -0.05) is 5.21 Å². The molecule has 0 bridgehead atoms. The van der Waals surface area contributed by atoms with Crippen LogP contribution in [0.15, 0.2) is 28.4 Å². The van der Waals surface area contributed by atoms with Crippen molar-refractivity contribution in [2.24, 2.45) is 5.92 Å². The molecule has 4 rings (SSSR count). The van der Waals surface area contributed by atoms with E-state index in [4.69, 9.17) is 4.74 Å². The summed E-state index contributed by atoms with van der Waals surface area (Å²) >= 11 is 3.34. The van der Waals surface area contributed by atoms with Crippen LogP contribution in [0.25, 0.3) is 11.3 Å². The predicted molar refractivity (Wildman–Crippen MR) is 90.3 cm³/mol. The maximum absolute atomic E-state index is 5.87. The van der Waals surface area contributed by atoms with Crippen molar-refractivity contribution in [1.82, 2.24) is 25.3 Å². The molecule has 120 valence electrons. The van der Waals surface area contributed by atoms with Crippen molar-refractivity contribution in [2.45, 2.75) is 19.7 Å². The van der Waals surface area contributed by atoms with Crippen LogP contribution in [-0.4, -0.2) is 33.1 Å². The number of thiophene rings is 1. The first kappa shape index (κ1) is 14.9. The van der Waals surface area contributed by atoms with E-state index in [1.807, 2.05) is 16.3 Å². The summed E-state index contributed by atoms with van der Waals surface area (Å²) in [6.07, 6.45) is 1.84. The van der Waals surface area contributed by atoms with Crippen LogP contribution >= 0.6 is 22.7 Å². The molecule has 0 aliphatic carbocycles. The van der Waals surface area contributed by atoms with Crippen LogP contribution in [0.1, 0.15) is 10.7 Å². The summed E-state index contributed by atoms with van der Waals surface area (Å²) in [6, 6.07) is 2.08. The fraction of sp³-hybridized carbons (Fsp3) is 0.400. The van der Waals surface area contributed by atoms with Crippen LogP contribution < -0.4 is 5.32 Å². The zero-order valence-electron chi connectivity index (χ0n) is 12.5. The Labute approximate surface area is 142 Å². The molecular formula is C15H17N5OS2. The van der Waals surface area contributed by atoms with Crippen LogP contribution in [-0.2, 0) is 24.4 Å². The normalized spacial score (nSPS) is 17.8. The molecule has 1 aliphatic rings. The lowest BCUT2D eigenvalue weighted by atomic mass is 10.1. The molecule has 23 heavy (non-hydrogen) atoms. The van der Waals surface area contributed by atoms with E-state index in [0.29, 0.717) is 12.5 Å². The van der Waals surface area contributed by atoms with Gasteiger partial charge in [-0.25, -0.2) is 9.67 Å². The molecule has 4 heterocycles. The second-order valence-corrected chi connectivity index (χ2v) is 7.28. The molecule has 3 aromatic heterocycles. The highest BCUT2D eigenvalue weighted by molar-refractivity contribution is 7.09. The summed E-state index contributed by atoms with van der Waals surface area (Å²) in [4.78, 5) is 4.28. The zero-order valence-corrected chi connectivity index (χ0v) is 14.1. The minimum absolute atomic E-state index is 0.383. The van der Waals surface area contributed by atoms with Gasteiger partial charge in [0, 0.05) is 48.1 Å². The van der Waals surface area contributed by atoms with E-state index < -0.39 is 0 Å². The molecule has 1 N–H and O–H groups in total. The second kappa shape index (κ2) is 6.88. The molecule has 1 aliphatic heterocycles. The van der Waals surface area contributed by atoms with E-state index in [1.165, 1.54) is 0 Å². The highest BCUT2D eigenvalue weighted by Crippen LogP contribution is 2.26. The number of nitrogens with one attached hydrogen (secondary N) is 1. The lowest BCUT2D eigenvalue weighted by Gasteiger charge is -2.14. The van der Waals surface area contributed by atoms with Gasteiger partial charge in [-0.15, -0.1) is 16.4 Å². The topological polar surface area (TPSA) is 64.9 Å². The quantitative estimate of drug-likeness (QED) is 0.768. The molecule has 0 saturated heterocycles. The maximum Gasteiger partial charge on any atom is 0.119 e. The van der Waals surface area contributed by atoms with Gasteiger partial charge in [-0.3, -0.25) is 0 Å². The number of nitrogens with zero attached hydrogens (tertiary/aromatic N) is 4. The number of hydrogen-bond acceptors (Lipinski definition) is 7. The molecule has 3 aromatic rings. The largest absolute Gasteiger partial charge is 0.375 e. The third-order valence-corrected chi connectivity index (χ3v) is 5.31. The Morgan fingerprint density at radius 2 is 2.39 bits per heavy atom. The Hall–Kier alpha value is -1.61. The maximum atomic E-state index is 5.87. The van der Waals surface area contributed by atoms with Gasteiger partial charge in [0.05, 0.1) is 18.9 Å². The van der Waals surface area contributed by atoms with E-state index in [0.717, 1.165) is 48.2 Å². The van der Waals surface area contributed by atoms with Crippen LogP contribution in [0.3, 0.4) is 0 Å². The van der Waals surface area contributed by atoms with Crippen molar-refractivity contribution >= 4 is 22.7 Å². The molecule has 0 fully saturated rings. The van der Waals surface area contributed by atoms with E-state index in [1.54, 1.807) is 22.7 Å². The smallest absolute Gasteiger partial charge is 0.119 e. The Balaban J connectivity index is 1.41. The van der Waals surface area contributed by atoms with Crippen LogP contribution in [0.2, 0.25) is 0 Å². The van der Waals surface area contributed by atoms with Crippen LogP contribution in [0, 0.1) is 5.92 Å². The van der Waals surface area contributed by atoms with Gasteiger partial charge >= 0.3 is 0 Å². The van der Waals surface area contributed by atoms with Gasteiger partial charge in [-0.2, -0.15) is 11.3 Å². The predicted octanol–water partition coefficient (Wildman–Crippen LogP) is 2.40. The van der Waals surface area contributed by atoms with Crippen molar-refractivity contribution in [2.75, 3.05) is 13.2 Å². The van der Waals surface area contributed by atoms with Crippen molar-refractivity contribution < 1.29 is 4.74 Å². The molecule has 0 aromatic carbocycles. The minimum Gasteiger partial charge on any atom is -0.375 e. The average Bonchev–Trinajstić information content (AvgIpc) is 3.28. The van der Waals surface area contributed by atoms with E-state index >= 15 is 0 Å². The lowest BCUT2D eigenvalue weighted by Crippen LogP contribution is -2.28. The molecule has 1 atom stereocenters. The minimum atomic E-state index is 0.383. The Bertz CT molecular complexity index is 738. The molecule has 0 amide bonds. The van der Waals surface area contributed by atoms with E-state index in [-0.39, 0.29) is 0 Å². The van der Waals surface area contributed by atoms with Gasteiger partial charge in [-0.05, 0) is 11.4 Å². The Morgan fingerprint density at radius 3 is 3.22 bits per heavy atom. The van der Waals surface area contributed by atoms with Gasteiger partial charge in [0.2, 0.25) is 0 Å². The van der Waals surface area contributed by atoms with E-state index in [9.17, 15) is 0 Å². The summed E-state index contributed by atoms with van der Waals surface area (Å²) < 4.78 is 7.86. The summed E-state index contributed by atoms with van der Waals surface area (Å²) in [5, 5.41) is 19.4. The SMILES string of the molecule is c1csc(CNC[C@H]2COCc3c(-c4ccsc4)nnn3C2)n1. The van der Waals surface area contributed by atoms with Crippen LogP contribution in [0.4, 0.5) is 0 Å². The first-order valence-corrected chi connectivity index (χ1v) is 9.34. The summed E-state index contributed by atoms with van der Waals surface area (Å²) in [7, 11) is 0. The molecule has 0 spiro atoms. The van der Waals surface area contributed by atoms with Crippen molar-refractivity contribution in [3.63, 3.8) is 0 Å². The number of ether oxygens (including phenoxy) is 1. The molecule has 0 unspecified atom stereocenters. The van der Waals surface area contributed by atoms with Gasteiger partial charge < -0.3 is 10.1 Å².